The first kappa shape index (κ1) is 15.4. The first-order chi connectivity index (χ1) is 10.1. The van der Waals surface area contributed by atoms with Gasteiger partial charge in [-0.3, -0.25) is 4.79 Å². The van der Waals surface area contributed by atoms with E-state index in [4.69, 9.17) is 16.7 Å². The molecule has 2 aromatic carbocycles. The van der Waals surface area contributed by atoms with Crippen LogP contribution in [0.15, 0.2) is 54.6 Å². The molecule has 0 aliphatic heterocycles. The molecule has 3 nitrogen and oxygen atoms in total. The van der Waals surface area contributed by atoms with Crippen LogP contribution in [0.3, 0.4) is 0 Å². The third-order valence-corrected chi connectivity index (χ3v) is 3.47. The van der Waals surface area contributed by atoms with E-state index in [1.54, 1.807) is 12.1 Å². The Labute approximate surface area is 129 Å². The highest BCUT2D eigenvalue weighted by molar-refractivity contribution is 6.30. The van der Waals surface area contributed by atoms with E-state index in [0.717, 1.165) is 18.5 Å². The van der Waals surface area contributed by atoms with E-state index in [1.165, 1.54) is 5.56 Å². The normalized spacial score (nSPS) is 10.3. The highest BCUT2D eigenvalue weighted by Crippen LogP contribution is 2.20. The molecule has 0 aliphatic carbocycles. The SMILES string of the molecule is O=C(O)CN(CCCc1ccccc1)c1cccc(Cl)c1. The number of aryl methyl sites for hydroxylation is 1. The molecule has 0 fully saturated rings. The maximum absolute atomic E-state index is 11.0. The zero-order valence-corrected chi connectivity index (χ0v) is 12.5. The number of hydrogen-bond acceptors (Lipinski definition) is 2. The molecule has 2 aromatic rings. The summed E-state index contributed by atoms with van der Waals surface area (Å²) in [5, 5.41) is 9.67. The Bertz CT molecular complexity index is 586. The number of aliphatic carboxylic acids is 1. The van der Waals surface area contributed by atoms with E-state index in [1.807, 2.05) is 35.2 Å². The number of halogens is 1. The van der Waals surface area contributed by atoms with Gasteiger partial charge in [-0.15, -0.1) is 0 Å². The topological polar surface area (TPSA) is 40.5 Å². The van der Waals surface area contributed by atoms with Crippen molar-refractivity contribution in [2.24, 2.45) is 0 Å². The van der Waals surface area contributed by atoms with Crippen molar-refractivity contribution in [2.45, 2.75) is 12.8 Å². The standard InChI is InChI=1S/C17H18ClNO2/c18-15-9-4-10-16(12-15)19(13-17(20)21)11-5-8-14-6-2-1-3-7-14/h1-4,6-7,9-10,12H,5,8,11,13H2,(H,20,21). The van der Waals surface area contributed by atoms with Gasteiger partial charge in [-0.2, -0.15) is 0 Å². The van der Waals surface area contributed by atoms with Gasteiger partial charge < -0.3 is 10.0 Å². The fourth-order valence-corrected chi connectivity index (χ4v) is 2.44. The van der Waals surface area contributed by atoms with Gasteiger partial charge in [0.2, 0.25) is 0 Å². The van der Waals surface area contributed by atoms with Crippen molar-refractivity contribution in [1.29, 1.82) is 0 Å². The number of carboxylic acids is 1. The summed E-state index contributed by atoms with van der Waals surface area (Å²) in [7, 11) is 0. The van der Waals surface area contributed by atoms with Crippen molar-refractivity contribution >= 4 is 23.3 Å². The Balaban J connectivity index is 1.98. The minimum absolute atomic E-state index is 0.0187. The molecule has 0 aromatic heterocycles. The number of benzene rings is 2. The molecule has 21 heavy (non-hydrogen) atoms. The minimum atomic E-state index is -0.838. The van der Waals surface area contributed by atoms with Gasteiger partial charge in [0.15, 0.2) is 0 Å². The maximum Gasteiger partial charge on any atom is 0.323 e. The first-order valence-electron chi connectivity index (χ1n) is 6.91. The molecule has 2 rings (SSSR count). The predicted octanol–water partition coefficient (Wildman–Crippen LogP) is 3.86. The van der Waals surface area contributed by atoms with E-state index < -0.39 is 5.97 Å². The van der Waals surface area contributed by atoms with E-state index in [9.17, 15) is 4.79 Å². The van der Waals surface area contributed by atoms with Crippen LogP contribution < -0.4 is 4.90 Å². The van der Waals surface area contributed by atoms with Crippen LogP contribution in [0.4, 0.5) is 5.69 Å². The van der Waals surface area contributed by atoms with Gasteiger partial charge in [-0.1, -0.05) is 48.0 Å². The highest BCUT2D eigenvalue weighted by atomic mass is 35.5. The number of hydrogen-bond donors (Lipinski definition) is 1. The molecule has 4 heteroatoms. The van der Waals surface area contributed by atoms with E-state index in [2.05, 4.69) is 12.1 Å². The summed E-state index contributed by atoms with van der Waals surface area (Å²) < 4.78 is 0. The van der Waals surface area contributed by atoms with Gasteiger partial charge in [-0.05, 0) is 36.6 Å². The fourth-order valence-electron chi connectivity index (χ4n) is 2.25. The summed E-state index contributed by atoms with van der Waals surface area (Å²) in [4.78, 5) is 12.9. The molecule has 0 amide bonds. The van der Waals surface area contributed by atoms with Crippen molar-refractivity contribution in [3.63, 3.8) is 0 Å². The molecule has 0 aliphatic rings. The van der Waals surface area contributed by atoms with Crippen LogP contribution in [0.25, 0.3) is 0 Å². The lowest BCUT2D eigenvalue weighted by Gasteiger charge is -2.23. The number of carbonyl (C=O) groups is 1. The van der Waals surface area contributed by atoms with Crippen LogP contribution >= 0.6 is 11.6 Å². The van der Waals surface area contributed by atoms with Crippen LogP contribution in [-0.2, 0) is 11.2 Å². The lowest BCUT2D eigenvalue weighted by atomic mass is 10.1. The summed E-state index contributed by atoms with van der Waals surface area (Å²) >= 11 is 5.98. The molecule has 0 bridgehead atoms. The van der Waals surface area contributed by atoms with Crippen molar-refractivity contribution in [1.82, 2.24) is 0 Å². The second-order valence-electron chi connectivity index (χ2n) is 4.88. The molecule has 0 radical (unpaired) electrons. The van der Waals surface area contributed by atoms with Gasteiger partial charge in [-0.25, -0.2) is 0 Å². The molecule has 0 saturated carbocycles. The van der Waals surface area contributed by atoms with Crippen molar-refractivity contribution in [3.05, 3.63) is 65.2 Å². The lowest BCUT2D eigenvalue weighted by molar-refractivity contribution is -0.135. The third-order valence-electron chi connectivity index (χ3n) is 3.24. The Hall–Kier alpha value is -2.00. The Morgan fingerprint density at radius 1 is 1.10 bits per heavy atom. The van der Waals surface area contributed by atoms with Gasteiger partial charge in [0.05, 0.1) is 0 Å². The average molecular weight is 304 g/mol. The molecule has 110 valence electrons. The quantitative estimate of drug-likeness (QED) is 0.844. The number of nitrogens with zero attached hydrogens (tertiary/aromatic N) is 1. The summed E-state index contributed by atoms with van der Waals surface area (Å²) in [5.74, 6) is -0.838. The largest absolute Gasteiger partial charge is 0.480 e. The van der Waals surface area contributed by atoms with Crippen LogP contribution in [0.2, 0.25) is 5.02 Å². The van der Waals surface area contributed by atoms with E-state index >= 15 is 0 Å². The Morgan fingerprint density at radius 2 is 1.86 bits per heavy atom. The summed E-state index contributed by atoms with van der Waals surface area (Å²) in [6.07, 6.45) is 1.82. The monoisotopic (exact) mass is 303 g/mol. The molecule has 0 atom stereocenters. The molecule has 0 spiro atoms. The summed E-state index contributed by atoms with van der Waals surface area (Å²) in [6, 6.07) is 17.5. The second kappa shape index (κ2) is 7.70. The van der Waals surface area contributed by atoms with Crippen molar-refractivity contribution < 1.29 is 9.90 Å². The van der Waals surface area contributed by atoms with E-state index in [-0.39, 0.29) is 6.54 Å². The summed E-state index contributed by atoms with van der Waals surface area (Å²) in [6.45, 7) is 0.663. The zero-order valence-electron chi connectivity index (χ0n) is 11.7. The van der Waals surface area contributed by atoms with E-state index in [0.29, 0.717) is 11.6 Å². The Morgan fingerprint density at radius 3 is 2.52 bits per heavy atom. The average Bonchev–Trinajstić information content (AvgIpc) is 2.47. The van der Waals surface area contributed by atoms with Gasteiger partial charge >= 0.3 is 5.97 Å². The molecular weight excluding hydrogens is 286 g/mol. The zero-order chi connectivity index (χ0) is 15.1. The van der Waals surface area contributed by atoms with Gasteiger partial charge in [0.1, 0.15) is 6.54 Å². The van der Waals surface area contributed by atoms with Crippen LogP contribution in [0, 0.1) is 0 Å². The smallest absolute Gasteiger partial charge is 0.323 e. The Kier molecular flexibility index (Phi) is 5.64. The molecule has 1 N–H and O–H groups in total. The maximum atomic E-state index is 11.0. The molecular formula is C17H18ClNO2. The predicted molar refractivity (Wildman–Crippen MR) is 86.1 cm³/mol. The summed E-state index contributed by atoms with van der Waals surface area (Å²) in [5.41, 5.74) is 2.11. The van der Waals surface area contributed by atoms with Gasteiger partial charge in [0.25, 0.3) is 0 Å². The third kappa shape index (κ3) is 5.12. The first-order valence-corrected chi connectivity index (χ1v) is 7.29. The highest BCUT2D eigenvalue weighted by Gasteiger charge is 2.10. The van der Waals surface area contributed by atoms with Crippen LogP contribution in [0.1, 0.15) is 12.0 Å². The number of carboxylic acid groups (broad SMARTS) is 1. The minimum Gasteiger partial charge on any atom is -0.480 e. The number of rotatable bonds is 7. The van der Waals surface area contributed by atoms with Gasteiger partial charge in [0, 0.05) is 17.3 Å². The molecule has 0 unspecified atom stereocenters. The molecule has 0 heterocycles. The van der Waals surface area contributed by atoms with Crippen LogP contribution in [-0.4, -0.2) is 24.2 Å². The number of anilines is 1. The second-order valence-corrected chi connectivity index (χ2v) is 5.32. The lowest BCUT2D eigenvalue weighted by Crippen LogP contribution is -2.30. The van der Waals surface area contributed by atoms with Crippen molar-refractivity contribution in [3.8, 4) is 0 Å². The van der Waals surface area contributed by atoms with Crippen molar-refractivity contribution in [2.75, 3.05) is 18.0 Å². The molecule has 0 saturated heterocycles. The van der Waals surface area contributed by atoms with Crippen LogP contribution in [0.5, 0.6) is 0 Å². The fraction of sp³-hybridized carbons (Fsp3) is 0.235.